The standard InChI is InChI=1S/C20H18ClFN2O3/c1-11(2)9-16(25)17-18(12-5-7-23-8-6-12)24(20(27)19(17)26)13-3-4-15(22)14(21)10-13/h3-8,10-11,18,26H,9H2,1-2H3. The number of halogens is 2. The highest BCUT2D eigenvalue weighted by Crippen LogP contribution is 2.42. The summed E-state index contributed by atoms with van der Waals surface area (Å²) < 4.78 is 13.6. The van der Waals surface area contributed by atoms with Gasteiger partial charge < -0.3 is 5.11 Å². The van der Waals surface area contributed by atoms with Crippen LogP contribution in [0.25, 0.3) is 0 Å². The van der Waals surface area contributed by atoms with Crippen molar-refractivity contribution in [3.8, 4) is 0 Å². The largest absolute Gasteiger partial charge is 0.503 e. The minimum absolute atomic E-state index is 0.0281. The summed E-state index contributed by atoms with van der Waals surface area (Å²) >= 11 is 5.87. The predicted octanol–water partition coefficient (Wildman–Crippen LogP) is 4.39. The average molecular weight is 389 g/mol. The molecular weight excluding hydrogens is 371 g/mol. The molecule has 5 nitrogen and oxygen atoms in total. The van der Waals surface area contributed by atoms with E-state index in [1.54, 1.807) is 12.1 Å². The average Bonchev–Trinajstić information content (AvgIpc) is 2.89. The van der Waals surface area contributed by atoms with Gasteiger partial charge in [-0.3, -0.25) is 19.5 Å². The minimum atomic E-state index is -0.840. The van der Waals surface area contributed by atoms with Gasteiger partial charge in [0.05, 0.1) is 16.6 Å². The van der Waals surface area contributed by atoms with Gasteiger partial charge in [0.1, 0.15) is 5.82 Å². The highest BCUT2D eigenvalue weighted by molar-refractivity contribution is 6.31. The van der Waals surface area contributed by atoms with Crippen LogP contribution in [0.2, 0.25) is 5.02 Å². The summed E-state index contributed by atoms with van der Waals surface area (Å²) in [6.07, 6.45) is 3.26. The van der Waals surface area contributed by atoms with Gasteiger partial charge in [-0.25, -0.2) is 4.39 Å². The molecule has 1 aromatic carbocycles. The Hall–Kier alpha value is -2.73. The van der Waals surface area contributed by atoms with Gasteiger partial charge in [-0.2, -0.15) is 0 Å². The minimum Gasteiger partial charge on any atom is -0.503 e. The number of rotatable bonds is 5. The molecule has 27 heavy (non-hydrogen) atoms. The van der Waals surface area contributed by atoms with Crippen LogP contribution in [0.15, 0.2) is 54.1 Å². The Morgan fingerprint density at radius 2 is 1.96 bits per heavy atom. The van der Waals surface area contributed by atoms with Crippen molar-refractivity contribution in [1.82, 2.24) is 4.98 Å². The molecular formula is C20H18ClFN2O3. The van der Waals surface area contributed by atoms with Gasteiger partial charge >= 0.3 is 0 Å². The van der Waals surface area contributed by atoms with Crippen molar-refractivity contribution in [2.24, 2.45) is 5.92 Å². The second-order valence-corrected chi connectivity index (χ2v) is 7.15. The second-order valence-electron chi connectivity index (χ2n) is 6.74. The number of aliphatic hydroxyl groups excluding tert-OH is 1. The lowest BCUT2D eigenvalue weighted by Gasteiger charge is -2.27. The maximum absolute atomic E-state index is 13.6. The van der Waals surface area contributed by atoms with E-state index >= 15 is 0 Å². The first kappa shape index (κ1) is 19.0. The van der Waals surface area contributed by atoms with Crippen molar-refractivity contribution in [3.05, 3.63) is 70.5 Å². The number of amides is 1. The van der Waals surface area contributed by atoms with Gasteiger partial charge in [-0.1, -0.05) is 25.4 Å². The number of carbonyl (C=O) groups excluding carboxylic acids is 2. The summed E-state index contributed by atoms with van der Waals surface area (Å²) in [5, 5.41) is 10.3. The number of nitrogens with zero attached hydrogens (tertiary/aromatic N) is 2. The Kier molecular flexibility index (Phi) is 5.28. The van der Waals surface area contributed by atoms with Crippen molar-refractivity contribution in [1.29, 1.82) is 0 Å². The Morgan fingerprint density at radius 3 is 2.56 bits per heavy atom. The molecule has 1 aromatic heterocycles. The molecule has 1 aliphatic heterocycles. The van der Waals surface area contributed by atoms with Crippen LogP contribution in [0, 0.1) is 11.7 Å². The summed E-state index contributed by atoms with van der Waals surface area (Å²) in [4.78, 5) is 30.8. The van der Waals surface area contributed by atoms with E-state index in [1.807, 2.05) is 13.8 Å². The smallest absolute Gasteiger partial charge is 0.294 e. The number of carbonyl (C=O) groups is 2. The number of pyridine rings is 1. The van der Waals surface area contributed by atoms with E-state index in [-0.39, 0.29) is 34.4 Å². The number of aliphatic hydroxyl groups is 1. The first-order chi connectivity index (χ1) is 12.8. The van der Waals surface area contributed by atoms with Crippen molar-refractivity contribution < 1.29 is 19.1 Å². The van der Waals surface area contributed by atoms with E-state index in [2.05, 4.69) is 4.98 Å². The van der Waals surface area contributed by atoms with Crippen LogP contribution in [0.3, 0.4) is 0 Å². The van der Waals surface area contributed by atoms with E-state index in [0.29, 0.717) is 5.56 Å². The van der Waals surface area contributed by atoms with Gasteiger partial charge in [-0.05, 0) is 41.8 Å². The summed E-state index contributed by atoms with van der Waals surface area (Å²) in [6, 6.07) is 6.31. The third-order valence-electron chi connectivity index (χ3n) is 4.31. The number of anilines is 1. The molecule has 140 valence electrons. The van der Waals surface area contributed by atoms with Crippen molar-refractivity contribution in [3.63, 3.8) is 0 Å². The Balaban J connectivity index is 2.14. The molecule has 3 rings (SSSR count). The molecule has 0 bridgehead atoms. The molecule has 1 amide bonds. The monoisotopic (exact) mass is 388 g/mol. The zero-order valence-electron chi connectivity index (χ0n) is 14.8. The van der Waals surface area contributed by atoms with E-state index in [0.717, 1.165) is 6.07 Å². The SMILES string of the molecule is CC(C)CC(=O)C1=C(O)C(=O)N(c2ccc(F)c(Cl)c2)C1c1ccncc1. The van der Waals surface area contributed by atoms with Crippen LogP contribution in [0.5, 0.6) is 0 Å². The highest BCUT2D eigenvalue weighted by Gasteiger charge is 2.44. The third-order valence-corrected chi connectivity index (χ3v) is 4.60. The molecule has 2 heterocycles. The molecule has 0 spiro atoms. The fourth-order valence-corrected chi connectivity index (χ4v) is 3.31. The van der Waals surface area contributed by atoms with Crippen LogP contribution >= 0.6 is 11.6 Å². The molecule has 0 saturated heterocycles. The van der Waals surface area contributed by atoms with Crippen molar-refractivity contribution in [2.75, 3.05) is 4.90 Å². The summed E-state index contributed by atoms with van der Waals surface area (Å²) in [7, 11) is 0. The van der Waals surface area contributed by atoms with Crippen LogP contribution in [-0.4, -0.2) is 21.8 Å². The van der Waals surface area contributed by atoms with Gasteiger partial charge in [-0.15, -0.1) is 0 Å². The van der Waals surface area contributed by atoms with Gasteiger partial charge in [0.2, 0.25) is 0 Å². The van der Waals surface area contributed by atoms with Crippen molar-refractivity contribution >= 4 is 29.0 Å². The number of hydrogen-bond donors (Lipinski definition) is 1. The van der Waals surface area contributed by atoms with Crippen LogP contribution in [0.1, 0.15) is 31.9 Å². The topological polar surface area (TPSA) is 70.5 Å². The Labute approximate surface area is 161 Å². The predicted molar refractivity (Wildman–Crippen MR) is 100.0 cm³/mol. The van der Waals surface area contributed by atoms with Crippen LogP contribution < -0.4 is 4.90 Å². The van der Waals surface area contributed by atoms with Crippen molar-refractivity contribution in [2.45, 2.75) is 26.3 Å². The quantitative estimate of drug-likeness (QED) is 0.824. The second kappa shape index (κ2) is 7.48. The zero-order chi connectivity index (χ0) is 19.7. The summed E-state index contributed by atoms with van der Waals surface area (Å²) in [5.41, 5.74) is 0.919. The number of Topliss-reactive ketones (excluding diaryl/α,β-unsaturated/α-hetero) is 1. The molecule has 0 radical (unpaired) electrons. The molecule has 2 aromatic rings. The van der Waals surface area contributed by atoms with Crippen LogP contribution in [-0.2, 0) is 9.59 Å². The number of aromatic nitrogens is 1. The normalized spacial score (nSPS) is 17.1. The number of ketones is 1. The lowest BCUT2D eigenvalue weighted by molar-refractivity contribution is -0.118. The molecule has 1 N–H and O–H groups in total. The van der Waals surface area contributed by atoms with Crippen LogP contribution in [0.4, 0.5) is 10.1 Å². The van der Waals surface area contributed by atoms with E-state index in [9.17, 15) is 19.1 Å². The molecule has 1 atom stereocenters. The number of benzene rings is 1. The zero-order valence-corrected chi connectivity index (χ0v) is 15.6. The highest BCUT2D eigenvalue weighted by atomic mass is 35.5. The Morgan fingerprint density at radius 1 is 1.30 bits per heavy atom. The summed E-state index contributed by atoms with van der Waals surface area (Å²) in [5.74, 6) is -2.20. The van der Waals surface area contributed by atoms with Gasteiger partial charge in [0.15, 0.2) is 11.5 Å². The lowest BCUT2D eigenvalue weighted by atomic mass is 9.92. The Bertz CT molecular complexity index is 928. The fraction of sp³-hybridized carbons (Fsp3) is 0.250. The number of hydrogen-bond acceptors (Lipinski definition) is 4. The molecule has 7 heteroatoms. The van der Waals surface area contributed by atoms with E-state index in [4.69, 9.17) is 11.6 Å². The van der Waals surface area contributed by atoms with E-state index in [1.165, 1.54) is 29.4 Å². The molecule has 0 aliphatic carbocycles. The molecule has 0 saturated carbocycles. The van der Waals surface area contributed by atoms with Gasteiger partial charge in [0, 0.05) is 24.5 Å². The molecule has 0 fully saturated rings. The maximum Gasteiger partial charge on any atom is 0.294 e. The lowest BCUT2D eigenvalue weighted by Crippen LogP contribution is -2.31. The fourth-order valence-electron chi connectivity index (χ4n) is 3.13. The van der Waals surface area contributed by atoms with Gasteiger partial charge in [0.25, 0.3) is 5.91 Å². The third kappa shape index (κ3) is 3.57. The first-order valence-electron chi connectivity index (χ1n) is 8.46. The molecule has 1 unspecified atom stereocenters. The van der Waals surface area contributed by atoms with E-state index < -0.39 is 23.5 Å². The molecule has 1 aliphatic rings. The summed E-state index contributed by atoms with van der Waals surface area (Å²) in [6.45, 7) is 3.76. The first-order valence-corrected chi connectivity index (χ1v) is 8.84. The maximum atomic E-state index is 13.6.